The summed E-state index contributed by atoms with van der Waals surface area (Å²) in [7, 11) is 0. The quantitative estimate of drug-likeness (QED) is 0.0529. The fourth-order valence-electron chi connectivity index (χ4n) is 5.05. The number of aryl methyl sites for hydroxylation is 3. The first kappa shape index (κ1) is 153. The Kier molecular flexibility index (Phi) is 167. The Balaban J connectivity index is -0.0000000524. The fourth-order valence-corrected chi connectivity index (χ4v) is 5.05. The number of ketones is 5. The summed E-state index contributed by atoms with van der Waals surface area (Å²) in [5.74, 6) is 1.73. The number of benzene rings is 7. The van der Waals surface area contributed by atoms with Gasteiger partial charge in [0, 0.05) is 31.5 Å². The monoisotopic (exact) mass is 1660 g/mol. The van der Waals surface area contributed by atoms with Crippen molar-refractivity contribution in [2.45, 2.75) is 317 Å². The zero-order valence-corrected chi connectivity index (χ0v) is 79.3. The minimum Gasteiger partial charge on any atom is -0.508 e. The maximum absolute atomic E-state index is 10.6. The van der Waals surface area contributed by atoms with Crippen LogP contribution in [0.5, 0.6) is 23.0 Å². The summed E-state index contributed by atoms with van der Waals surface area (Å²) in [6, 6.07) is 65.6. The lowest BCUT2D eigenvalue weighted by molar-refractivity contribution is -0.142. The van der Waals surface area contributed by atoms with E-state index in [0.29, 0.717) is 52.7 Å². The van der Waals surface area contributed by atoms with Gasteiger partial charge < -0.3 is 45.3 Å². The van der Waals surface area contributed by atoms with Gasteiger partial charge in [0.2, 0.25) is 0 Å². The molecule has 15 nitrogen and oxygen atoms in total. The van der Waals surface area contributed by atoms with Crippen LogP contribution in [0.3, 0.4) is 0 Å². The van der Waals surface area contributed by atoms with Crippen LogP contribution in [-0.2, 0) is 38.4 Å². The summed E-state index contributed by atoms with van der Waals surface area (Å²) in [5.41, 5.74) is 3.97. The number of rotatable bonds is 13. The molecule has 7 atom stereocenters. The largest absolute Gasteiger partial charge is 0.508 e. The van der Waals surface area contributed by atoms with Gasteiger partial charge in [0.05, 0.1) is 17.9 Å². The van der Waals surface area contributed by atoms with Crippen molar-refractivity contribution in [2.75, 3.05) is 0 Å². The molecular formula is C103H186O15. The number of carbonyl (C=O) groups excluding carboxylic acids is 6. The number of hydrogen-bond acceptors (Lipinski definition) is 13. The molecule has 5 unspecified atom stereocenters. The number of aliphatic hydroxyl groups excluding tert-OH is 1. The Morgan fingerprint density at radius 1 is 0.305 bits per heavy atom. The number of phenols is 4. The summed E-state index contributed by atoms with van der Waals surface area (Å²) in [6.45, 7) is 70.0. The molecule has 0 radical (unpaired) electrons. The maximum atomic E-state index is 10.6. The van der Waals surface area contributed by atoms with Crippen LogP contribution in [0.1, 0.15) is 308 Å². The molecule has 0 bridgehead atoms. The van der Waals surface area contributed by atoms with Crippen LogP contribution in [0.4, 0.5) is 0 Å². The van der Waals surface area contributed by atoms with E-state index in [4.69, 9.17) is 40.5 Å². The molecule has 118 heavy (non-hydrogen) atoms. The van der Waals surface area contributed by atoms with Crippen molar-refractivity contribution in [3.05, 3.63) is 229 Å². The lowest BCUT2D eigenvalue weighted by Gasteiger charge is -2.09. The zero-order valence-electron chi connectivity index (χ0n) is 79.3. The van der Waals surface area contributed by atoms with Gasteiger partial charge in [0.25, 0.3) is 0 Å². The van der Waals surface area contributed by atoms with E-state index < -0.39 is 18.0 Å². The van der Waals surface area contributed by atoms with Gasteiger partial charge in [-0.2, -0.15) is 0 Å². The highest BCUT2D eigenvalue weighted by Gasteiger charge is 2.13. The highest BCUT2D eigenvalue weighted by Crippen LogP contribution is 2.10. The molecule has 0 heterocycles. The second kappa shape index (κ2) is 128. The number of Topliss-reactive ketones (excluding diaryl/α,β-unsaturated/α-hetero) is 5. The second-order valence-electron chi connectivity index (χ2n) is 23.5. The van der Waals surface area contributed by atoms with Crippen LogP contribution >= 0.6 is 0 Å². The summed E-state index contributed by atoms with van der Waals surface area (Å²) in [4.78, 5) is 80.2. The van der Waals surface area contributed by atoms with Gasteiger partial charge in [0.1, 0.15) is 58.2 Å². The molecule has 0 fully saturated rings. The van der Waals surface area contributed by atoms with Crippen molar-refractivity contribution in [1.29, 1.82) is 0 Å². The summed E-state index contributed by atoms with van der Waals surface area (Å²) >= 11 is 0. The molecule has 0 saturated heterocycles. The van der Waals surface area contributed by atoms with Crippen LogP contribution < -0.4 is 0 Å². The van der Waals surface area contributed by atoms with E-state index in [1.807, 2.05) is 231 Å². The van der Waals surface area contributed by atoms with Crippen LogP contribution in [0.25, 0.3) is 0 Å². The lowest BCUT2D eigenvalue weighted by Crippen LogP contribution is -2.19. The van der Waals surface area contributed by atoms with E-state index in [1.54, 1.807) is 152 Å². The molecule has 0 aromatic heterocycles. The number of carbonyl (C=O) groups is 8. The first-order chi connectivity index (χ1) is 54.3. The van der Waals surface area contributed by atoms with Crippen molar-refractivity contribution < 1.29 is 75.5 Å². The highest BCUT2D eigenvalue weighted by molar-refractivity contribution is 5.79. The summed E-state index contributed by atoms with van der Waals surface area (Å²) in [6.07, 6.45) is 4.28. The molecule has 15 heteroatoms. The van der Waals surface area contributed by atoms with E-state index in [-0.39, 0.29) is 70.8 Å². The first-order valence-corrected chi connectivity index (χ1v) is 41.3. The third-order valence-electron chi connectivity index (χ3n) is 14.0. The molecule has 7 aromatic carbocycles. The van der Waals surface area contributed by atoms with E-state index in [0.717, 1.165) is 32.0 Å². The van der Waals surface area contributed by atoms with Gasteiger partial charge in [-0.25, -0.2) is 0 Å². The molecular weight excluding hydrogens is 1480 g/mol. The Labute approximate surface area is 729 Å². The number of aliphatic hydroxyl groups is 1. The molecule has 0 spiro atoms. The van der Waals surface area contributed by atoms with Gasteiger partial charge in [-0.3, -0.25) is 28.8 Å². The fraction of sp³-hybridized carbons (Fsp3) is 0.515. The normalized spacial score (nSPS) is 9.72. The number of aromatic hydroxyl groups is 4. The second-order valence-corrected chi connectivity index (χ2v) is 23.5. The van der Waals surface area contributed by atoms with Crippen LogP contribution in [-0.4, -0.2) is 89.0 Å². The zero-order chi connectivity index (χ0) is 93.7. The molecule has 688 valence electrons. The smallest absolute Gasteiger partial charge is 0.306 e. The Bertz CT molecular complexity index is 2520. The third-order valence-corrected chi connectivity index (χ3v) is 14.0. The summed E-state index contributed by atoms with van der Waals surface area (Å²) < 4.78 is 0. The van der Waals surface area contributed by atoms with Crippen molar-refractivity contribution >= 4 is 47.1 Å². The molecule has 0 aliphatic carbocycles. The van der Waals surface area contributed by atoms with Gasteiger partial charge in [0.15, 0.2) is 0 Å². The maximum Gasteiger partial charge on any atom is 0.306 e. The average Bonchev–Trinajstić information content (AvgIpc) is 0.969. The average molecular weight is 1660 g/mol. The van der Waals surface area contributed by atoms with Crippen LogP contribution in [0.15, 0.2) is 212 Å². The molecule has 7 N–H and O–H groups in total. The van der Waals surface area contributed by atoms with Gasteiger partial charge >= 0.3 is 11.9 Å². The lowest BCUT2D eigenvalue weighted by atomic mass is 9.95. The number of para-hydroxylation sites is 4. The number of hydrogen-bond donors (Lipinski definition) is 7. The van der Waals surface area contributed by atoms with Crippen LogP contribution in [0.2, 0.25) is 0 Å². The predicted octanol–water partition coefficient (Wildman–Crippen LogP) is 30.0. The number of carboxylic acid groups (broad SMARTS) is 2. The molecule has 0 saturated carbocycles. The van der Waals surface area contributed by atoms with Crippen molar-refractivity contribution in [1.82, 2.24) is 0 Å². The highest BCUT2D eigenvalue weighted by atomic mass is 16.4. The third kappa shape index (κ3) is 151. The number of phenolic OH excluding ortho intramolecular Hbond substituents is 4. The molecule has 0 amide bonds. The molecule has 7 rings (SSSR count). The Morgan fingerprint density at radius 3 is 0.475 bits per heavy atom. The van der Waals surface area contributed by atoms with Crippen molar-refractivity contribution in [2.24, 2.45) is 41.4 Å². The SMILES string of the molecule is C.C.C.CC.CC.CC.CC.CC.CC.CC.CC(=O)C(C)C(C)C.CC(=O)C(C)C(C)O.CC=O.CCC(C)=O.CCC(C)C(=O)O.CCC(C)C(C)=O.CC[C@H](C)C(=O)O.CC[C@H](C)C(C)=O.Cc1ccccc1.Cc1ccccc1.Cc1ccccc1.Oc1ccccc1.Oc1ccccc1.Oc1ccccc1.Oc1ccccc1.[HH]. The Morgan fingerprint density at radius 2 is 0.449 bits per heavy atom. The number of aliphatic carboxylic acids is 2. The predicted molar refractivity (Wildman–Crippen MR) is 521 cm³/mol. The molecule has 7 aromatic rings. The number of aldehydes is 1. The Hall–Kier alpha value is -9.34. The van der Waals surface area contributed by atoms with Crippen molar-refractivity contribution in [3.63, 3.8) is 0 Å². The summed E-state index contributed by atoms with van der Waals surface area (Å²) in [5, 5.41) is 59.7. The van der Waals surface area contributed by atoms with Gasteiger partial charge in [-0.1, -0.05) is 390 Å². The minimum absolute atomic E-state index is 0. The van der Waals surface area contributed by atoms with Gasteiger partial charge in [-0.15, -0.1) is 0 Å². The van der Waals surface area contributed by atoms with E-state index >= 15 is 0 Å². The van der Waals surface area contributed by atoms with Gasteiger partial charge in [-0.05, 0) is 149 Å². The van der Waals surface area contributed by atoms with E-state index in [1.165, 1.54) is 30.5 Å². The number of carboxylic acids is 2. The minimum atomic E-state index is -0.706. The van der Waals surface area contributed by atoms with Crippen LogP contribution in [0, 0.1) is 62.2 Å². The standard InChI is InChI=1S/C7H14O.3C7H8.C6H12O2.4C6H6O.2C6H12O.2C5H10O2.C4H8O.C2H4O.7C2H6.3CH4.H2/c1-5(2)6(3)7(4)8;3*1-7-5-3-2-4-6-7;1-4(5(2)7)6(3)8;4*7-6-4-2-1-3-5-6;2*1-4-5(2)6(3)7;2*1-3-4(2)5(6)7;1-3-4(2)5;1-2-3;7*1-2;;;;/h5-6H,1-4H3;3*2-6H,1H3;4-5,7H,1-3H3;4*1-5,7H;2*5H,4H2,1-3H3;2*4H,3H2,1-2H3,(H,6,7);3H2,1-2H3;2H,1H3;7*1-2H3;3*1H4;1H/t;;;;;;;;;5-;;4-;;;;;;;;;;;;;;/m.........0.0............../s1. The topological polar surface area (TPSA) is 278 Å². The van der Waals surface area contributed by atoms with Crippen molar-refractivity contribution in [3.8, 4) is 23.0 Å². The molecule has 0 aliphatic rings. The van der Waals surface area contributed by atoms with E-state index in [2.05, 4.69) is 71.0 Å². The molecule has 0 aliphatic heterocycles. The first-order valence-electron chi connectivity index (χ1n) is 41.3. The van der Waals surface area contributed by atoms with E-state index in [9.17, 15) is 33.6 Å².